The summed E-state index contributed by atoms with van der Waals surface area (Å²) in [6.07, 6.45) is 1.72. The number of amides is 1. The van der Waals surface area contributed by atoms with Crippen molar-refractivity contribution in [2.24, 2.45) is 10.7 Å². The average molecular weight is 498 g/mol. The molecular weight excluding hydrogens is 471 g/mol. The van der Waals surface area contributed by atoms with Crippen LogP contribution < -0.4 is 21.1 Å². The second kappa shape index (κ2) is 11.9. The number of carbonyl (C=O) groups excluding carboxylic acids is 1. The minimum absolute atomic E-state index is 0. The standard InChI is InChI=1S/C16H26N4O4S.HI/c1-12(7-8-25(3,22)23)20-16(18-2)19-10-13-5-4-6-14(9-13)24-11-15(17)21;/h4-6,9,12H,7-8,10-11H2,1-3H3,(H2,17,21)(H2,18,19,20);1H. The molecule has 8 nitrogen and oxygen atoms in total. The first-order chi connectivity index (χ1) is 11.7. The van der Waals surface area contributed by atoms with Crippen LogP contribution in [0.4, 0.5) is 0 Å². The molecule has 0 saturated carbocycles. The van der Waals surface area contributed by atoms with Crippen LogP contribution in [-0.4, -0.2) is 52.0 Å². The summed E-state index contributed by atoms with van der Waals surface area (Å²) in [7, 11) is -1.34. The monoisotopic (exact) mass is 498 g/mol. The van der Waals surface area contributed by atoms with E-state index in [4.69, 9.17) is 10.5 Å². The molecule has 0 saturated heterocycles. The molecule has 0 aliphatic rings. The maximum absolute atomic E-state index is 11.2. The van der Waals surface area contributed by atoms with E-state index in [0.29, 0.717) is 24.7 Å². The lowest BCUT2D eigenvalue weighted by molar-refractivity contribution is -0.119. The average Bonchev–Trinajstić information content (AvgIpc) is 2.54. The zero-order valence-electron chi connectivity index (χ0n) is 15.2. The third kappa shape index (κ3) is 11.1. The first-order valence-electron chi connectivity index (χ1n) is 7.84. The zero-order valence-corrected chi connectivity index (χ0v) is 18.3. The van der Waals surface area contributed by atoms with Gasteiger partial charge in [0, 0.05) is 25.9 Å². The molecule has 148 valence electrons. The number of hydrogen-bond donors (Lipinski definition) is 3. The highest BCUT2D eigenvalue weighted by Gasteiger charge is 2.09. The summed E-state index contributed by atoms with van der Waals surface area (Å²) in [4.78, 5) is 14.9. The van der Waals surface area contributed by atoms with Crippen molar-refractivity contribution >= 4 is 45.7 Å². The fraction of sp³-hybridized carbons (Fsp3) is 0.500. The molecule has 1 rings (SSSR count). The summed E-state index contributed by atoms with van der Waals surface area (Å²) in [6, 6.07) is 7.23. The van der Waals surface area contributed by atoms with Crippen molar-refractivity contribution in [3.05, 3.63) is 29.8 Å². The molecule has 0 aliphatic heterocycles. The Labute approximate surface area is 171 Å². The highest BCUT2D eigenvalue weighted by Crippen LogP contribution is 2.13. The van der Waals surface area contributed by atoms with E-state index in [1.165, 1.54) is 6.26 Å². The van der Waals surface area contributed by atoms with Crippen molar-refractivity contribution in [2.75, 3.05) is 25.7 Å². The van der Waals surface area contributed by atoms with Crippen molar-refractivity contribution in [1.29, 1.82) is 0 Å². The molecule has 0 bridgehead atoms. The highest BCUT2D eigenvalue weighted by atomic mass is 127. The predicted molar refractivity (Wildman–Crippen MR) is 114 cm³/mol. The number of rotatable bonds is 9. The van der Waals surface area contributed by atoms with Crippen LogP contribution in [0.25, 0.3) is 0 Å². The second-order valence-electron chi connectivity index (χ2n) is 5.79. The number of nitrogens with one attached hydrogen (secondary N) is 2. The number of nitrogens with two attached hydrogens (primary N) is 1. The van der Waals surface area contributed by atoms with Crippen LogP contribution in [0.2, 0.25) is 0 Å². The van der Waals surface area contributed by atoms with Crippen LogP contribution in [0.1, 0.15) is 18.9 Å². The lowest BCUT2D eigenvalue weighted by Crippen LogP contribution is -2.42. The van der Waals surface area contributed by atoms with Crippen molar-refractivity contribution in [3.8, 4) is 5.75 Å². The van der Waals surface area contributed by atoms with Crippen LogP contribution in [0.15, 0.2) is 29.3 Å². The van der Waals surface area contributed by atoms with E-state index in [1.807, 2.05) is 19.1 Å². The van der Waals surface area contributed by atoms with Crippen LogP contribution in [0.5, 0.6) is 5.75 Å². The minimum atomic E-state index is -2.98. The van der Waals surface area contributed by atoms with Gasteiger partial charge in [-0.05, 0) is 31.0 Å². The first-order valence-corrected chi connectivity index (χ1v) is 9.90. The van der Waals surface area contributed by atoms with Crippen molar-refractivity contribution < 1.29 is 17.9 Å². The third-order valence-electron chi connectivity index (χ3n) is 3.27. The maximum atomic E-state index is 11.2. The van der Waals surface area contributed by atoms with E-state index in [1.54, 1.807) is 19.2 Å². The van der Waals surface area contributed by atoms with Crippen molar-refractivity contribution in [2.45, 2.75) is 25.9 Å². The summed E-state index contributed by atoms with van der Waals surface area (Å²) in [5, 5.41) is 6.29. The van der Waals surface area contributed by atoms with Gasteiger partial charge in [0.2, 0.25) is 0 Å². The molecule has 10 heteroatoms. The Morgan fingerprint density at radius 1 is 1.38 bits per heavy atom. The van der Waals surface area contributed by atoms with Crippen LogP contribution in [0, 0.1) is 0 Å². The van der Waals surface area contributed by atoms with E-state index < -0.39 is 15.7 Å². The minimum Gasteiger partial charge on any atom is -0.484 e. The largest absolute Gasteiger partial charge is 0.484 e. The second-order valence-corrected chi connectivity index (χ2v) is 8.05. The number of guanidine groups is 1. The molecule has 26 heavy (non-hydrogen) atoms. The van der Waals surface area contributed by atoms with Gasteiger partial charge in [-0.1, -0.05) is 12.1 Å². The lowest BCUT2D eigenvalue weighted by atomic mass is 10.2. The fourth-order valence-electron chi connectivity index (χ4n) is 1.98. The van der Waals surface area contributed by atoms with Gasteiger partial charge in [0.1, 0.15) is 15.6 Å². The maximum Gasteiger partial charge on any atom is 0.255 e. The molecule has 0 aliphatic carbocycles. The molecule has 1 aromatic carbocycles. The number of hydrogen-bond acceptors (Lipinski definition) is 5. The summed E-state index contributed by atoms with van der Waals surface area (Å²) >= 11 is 0. The zero-order chi connectivity index (χ0) is 18.9. The molecule has 0 fully saturated rings. The quantitative estimate of drug-likeness (QED) is 0.261. The van der Waals surface area contributed by atoms with Crippen LogP contribution >= 0.6 is 24.0 Å². The Bertz CT molecular complexity index is 710. The molecule has 1 aromatic rings. The van der Waals surface area contributed by atoms with Gasteiger partial charge in [0.15, 0.2) is 12.6 Å². The summed E-state index contributed by atoms with van der Waals surface area (Å²) in [5.41, 5.74) is 5.99. The van der Waals surface area contributed by atoms with Gasteiger partial charge in [-0.25, -0.2) is 8.42 Å². The number of ether oxygens (including phenoxy) is 1. The molecule has 0 aromatic heterocycles. The van der Waals surface area contributed by atoms with E-state index in [0.717, 1.165) is 5.56 Å². The molecule has 0 radical (unpaired) electrons. The smallest absolute Gasteiger partial charge is 0.255 e. The molecular formula is C16H27IN4O4S. The van der Waals surface area contributed by atoms with Crippen molar-refractivity contribution in [1.82, 2.24) is 10.6 Å². The van der Waals surface area contributed by atoms with E-state index >= 15 is 0 Å². The molecule has 1 atom stereocenters. The molecule has 4 N–H and O–H groups in total. The van der Waals surface area contributed by atoms with Crippen LogP contribution in [-0.2, 0) is 21.2 Å². The molecule has 0 spiro atoms. The van der Waals surface area contributed by atoms with Gasteiger partial charge >= 0.3 is 0 Å². The Kier molecular flexibility index (Phi) is 11.2. The highest BCUT2D eigenvalue weighted by molar-refractivity contribution is 14.0. The summed E-state index contributed by atoms with van der Waals surface area (Å²) < 4.78 is 27.7. The Morgan fingerprint density at radius 3 is 2.65 bits per heavy atom. The van der Waals surface area contributed by atoms with Gasteiger partial charge in [-0.15, -0.1) is 24.0 Å². The van der Waals surface area contributed by atoms with Gasteiger partial charge in [-0.3, -0.25) is 9.79 Å². The number of primary amides is 1. The fourth-order valence-corrected chi connectivity index (χ4v) is 2.76. The van der Waals surface area contributed by atoms with Gasteiger partial charge in [0.25, 0.3) is 5.91 Å². The molecule has 1 unspecified atom stereocenters. The topological polar surface area (TPSA) is 123 Å². The Balaban J connectivity index is 0.00000625. The Morgan fingerprint density at radius 2 is 2.08 bits per heavy atom. The predicted octanol–water partition coefficient (Wildman–Crippen LogP) is 0.657. The molecule has 1 amide bonds. The molecule has 0 heterocycles. The summed E-state index contributed by atoms with van der Waals surface area (Å²) in [5.74, 6) is 0.723. The first kappa shape index (κ1) is 24.4. The van der Waals surface area contributed by atoms with Gasteiger partial charge < -0.3 is 21.1 Å². The normalized spacial score (nSPS) is 12.7. The summed E-state index contributed by atoms with van der Waals surface area (Å²) in [6.45, 7) is 2.22. The number of halogens is 1. The lowest BCUT2D eigenvalue weighted by Gasteiger charge is -2.17. The van der Waals surface area contributed by atoms with E-state index in [2.05, 4.69) is 15.6 Å². The van der Waals surface area contributed by atoms with Crippen molar-refractivity contribution in [3.63, 3.8) is 0 Å². The SMILES string of the molecule is CN=C(NCc1cccc(OCC(N)=O)c1)NC(C)CCS(C)(=O)=O.I. The number of sulfone groups is 1. The number of benzene rings is 1. The number of aliphatic imine (C=N–C) groups is 1. The third-order valence-corrected chi connectivity index (χ3v) is 4.25. The number of nitrogens with zero attached hydrogens (tertiary/aromatic N) is 1. The van der Waals surface area contributed by atoms with Gasteiger partial charge in [-0.2, -0.15) is 0 Å². The van der Waals surface area contributed by atoms with Gasteiger partial charge in [0.05, 0.1) is 5.75 Å². The van der Waals surface area contributed by atoms with E-state index in [9.17, 15) is 13.2 Å². The van der Waals surface area contributed by atoms with E-state index in [-0.39, 0.29) is 42.4 Å². The van der Waals surface area contributed by atoms with Crippen LogP contribution in [0.3, 0.4) is 0 Å². The number of carbonyl (C=O) groups is 1. The Hall–Kier alpha value is -1.56.